The van der Waals surface area contributed by atoms with Crippen LogP contribution in [0.5, 0.6) is 5.75 Å². The fourth-order valence-corrected chi connectivity index (χ4v) is 2.74. The number of ketones is 1. The lowest BCUT2D eigenvalue weighted by molar-refractivity contribution is -0.116. The Balaban J connectivity index is 1.50. The zero-order chi connectivity index (χ0) is 20.6. The number of hydrogen-bond donors (Lipinski definition) is 2. The molecule has 0 heterocycles. The highest BCUT2D eigenvalue weighted by atomic mass is 16.5. The van der Waals surface area contributed by atoms with Crippen molar-refractivity contribution in [2.24, 2.45) is 0 Å². The van der Waals surface area contributed by atoms with Gasteiger partial charge in [-0.2, -0.15) is 0 Å². The summed E-state index contributed by atoms with van der Waals surface area (Å²) in [5.74, 6) is 0.598. The summed E-state index contributed by atoms with van der Waals surface area (Å²) in [6, 6.07) is 23.9. The van der Waals surface area contributed by atoms with Crippen molar-refractivity contribution >= 4 is 23.1 Å². The summed E-state index contributed by atoms with van der Waals surface area (Å²) in [6.07, 6.45) is 0. The van der Waals surface area contributed by atoms with Crippen LogP contribution in [0.1, 0.15) is 29.8 Å². The fraction of sp³-hybridized carbons (Fsp3) is 0.167. The van der Waals surface area contributed by atoms with Crippen molar-refractivity contribution in [1.82, 2.24) is 0 Å². The number of rotatable bonds is 8. The minimum absolute atomic E-state index is 0.00546. The topological polar surface area (TPSA) is 67.4 Å². The molecule has 5 heteroatoms. The van der Waals surface area contributed by atoms with E-state index in [0.29, 0.717) is 17.9 Å². The molecule has 1 atom stereocenters. The smallest absolute Gasteiger partial charge is 0.246 e. The van der Waals surface area contributed by atoms with Crippen LogP contribution in [-0.2, 0) is 11.4 Å². The molecule has 3 aromatic carbocycles. The summed E-state index contributed by atoms with van der Waals surface area (Å²) in [5.41, 5.74) is 3.20. The highest BCUT2D eigenvalue weighted by Gasteiger charge is 2.13. The molecule has 0 aliphatic carbocycles. The molecular weight excluding hydrogens is 364 g/mol. The van der Waals surface area contributed by atoms with E-state index in [1.54, 1.807) is 31.2 Å². The Morgan fingerprint density at radius 2 is 1.48 bits per heavy atom. The zero-order valence-corrected chi connectivity index (χ0v) is 16.5. The first kappa shape index (κ1) is 20.1. The first-order chi connectivity index (χ1) is 14.0. The zero-order valence-electron chi connectivity index (χ0n) is 16.5. The van der Waals surface area contributed by atoms with Crippen molar-refractivity contribution in [2.75, 3.05) is 10.6 Å². The van der Waals surface area contributed by atoms with Crippen molar-refractivity contribution in [3.05, 3.63) is 90.0 Å². The van der Waals surface area contributed by atoms with Gasteiger partial charge in [-0.05, 0) is 67.9 Å². The van der Waals surface area contributed by atoms with E-state index >= 15 is 0 Å². The molecular formula is C24H24N2O3. The predicted molar refractivity (Wildman–Crippen MR) is 115 cm³/mol. The van der Waals surface area contributed by atoms with Gasteiger partial charge in [-0.15, -0.1) is 0 Å². The number of nitrogens with one attached hydrogen (secondary N) is 2. The number of amides is 1. The number of benzene rings is 3. The normalized spacial score (nSPS) is 11.4. The summed E-state index contributed by atoms with van der Waals surface area (Å²) in [7, 11) is 0. The van der Waals surface area contributed by atoms with Crippen LogP contribution in [-0.4, -0.2) is 17.7 Å². The van der Waals surface area contributed by atoms with Crippen molar-refractivity contribution in [2.45, 2.75) is 26.5 Å². The minimum Gasteiger partial charge on any atom is -0.489 e. The van der Waals surface area contributed by atoms with Gasteiger partial charge in [0.15, 0.2) is 5.78 Å². The van der Waals surface area contributed by atoms with Gasteiger partial charge in [-0.25, -0.2) is 0 Å². The van der Waals surface area contributed by atoms with Gasteiger partial charge in [0.05, 0.1) is 0 Å². The molecule has 5 nitrogen and oxygen atoms in total. The second-order valence-corrected chi connectivity index (χ2v) is 6.79. The minimum atomic E-state index is -0.432. The van der Waals surface area contributed by atoms with E-state index in [4.69, 9.17) is 4.74 Å². The SMILES string of the molecule is CC(=O)c1ccc(NC(=O)[C@H](C)Nc2ccc(OCc3ccccc3)cc2)cc1. The van der Waals surface area contributed by atoms with Crippen LogP contribution in [0.4, 0.5) is 11.4 Å². The summed E-state index contributed by atoms with van der Waals surface area (Å²) in [5, 5.41) is 6.01. The lowest BCUT2D eigenvalue weighted by Crippen LogP contribution is -2.31. The largest absolute Gasteiger partial charge is 0.489 e. The van der Waals surface area contributed by atoms with E-state index in [1.165, 1.54) is 6.92 Å². The van der Waals surface area contributed by atoms with E-state index in [-0.39, 0.29) is 11.7 Å². The Bertz CT molecular complexity index is 952. The van der Waals surface area contributed by atoms with Crippen LogP contribution in [0.25, 0.3) is 0 Å². The second-order valence-electron chi connectivity index (χ2n) is 6.79. The maximum absolute atomic E-state index is 12.4. The molecule has 0 aliphatic rings. The Labute approximate surface area is 170 Å². The highest BCUT2D eigenvalue weighted by molar-refractivity contribution is 5.97. The Morgan fingerprint density at radius 3 is 2.10 bits per heavy atom. The third-order valence-electron chi connectivity index (χ3n) is 4.44. The number of carbonyl (C=O) groups excluding carboxylic acids is 2. The molecule has 0 saturated carbocycles. The van der Waals surface area contributed by atoms with E-state index in [9.17, 15) is 9.59 Å². The number of anilines is 2. The molecule has 0 unspecified atom stereocenters. The number of Topliss-reactive ketones (excluding diaryl/α,β-unsaturated/α-hetero) is 1. The molecule has 29 heavy (non-hydrogen) atoms. The third-order valence-corrected chi connectivity index (χ3v) is 4.44. The summed E-state index contributed by atoms with van der Waals surface area (Å²) in [6.45, 7) is 3.81. The summed E-state index contributed by atoms with van der Waals surface area (Å²) < 4.78 is 5.77. The maximum atomic E-state index is 12.4. The molecule has 1 amide bonds. The van der Waals surface area contributed by atoms with Crippen LogP contribution >= 0.6 is 0 Å². The van der Waals surface area contributed by atoms with Gasteiger partial charge in [0, 0.05) is 16.9 Å². The van der Waals surface area contributed by atoms with Crippen molar-refractivity contribution in [1.29, 1.82) is 0 Å². The van der Waals surface area contributed by atoms with Gasteiger partial charge in [0.2, 0.25) is 5.91 Å². The van der Waals surface area contributed by atoms with E-state index in [2.05, 4.69) is 10.6 Å². The molecule has 2 N–H and O–H groups in total. The van der Waals surface area contributed by atoms with Crippen LogP contribution in [0.15, 0.2) is 78.9 Å². The monoisotopic (exact) mass is 388 g/mol. The molecule has 0 bridgehead atoms. The van der Waals surface area contributed by atoms with Gasteiger partial charge in [-0.3, -0.25) is 9.59 Å². The molecule has 0 radical (unpaired) electrons. The molecule has 0 aliphatic heterocycles. The molecule has 0 aromatic heterocycles. The van der Waals surface area contributed by atoms with Gasteiger partial charge in [0.1, 0.15) is 18.4 Å². The van der Waals surface area contributed by atoms with Gasteiger partial charge in [0.25, 0.3) is 0 Å². The first-order valence-electron chi connectivity index (χ1n) is 9.46. The third kappa shape index (κ3) is 5.94. The lowest BCUT2D eigenvalue weighted by Gasteiger charge is -2.16. The van der Waals surface area contributed by atoms with E-state index in [1.807, 2.05) is 54.6 Å². The molecule has 3 aromatic rings. The molecule has 0 saturated heterocycles. The van der Waals surface area contributed by atoms with Crippen LogP contribution < -0.4 is 15.4 Å². The van der Waals surface area contributed by atoms with Crippen molar-refractivity contribution in [3.63, 3.8) is 0 Å². The average Bonchev–Trinajstić information content (AvgIpc) is 2.74. The van der Waals surface area contributed by atoms with Gasteiger partial charge < -0.3 is 15.4 Å². The number of carbonyl (C=O) groups is 2. The van der Waals surface area contributed by atoms with Crippen LogP contribution in [0.3, 0.4) is 0 Å². The second kappa shape index (κ2) is 9.55. The molecule has 0 spiro atoms. The molecule has 0 fully saturated rings. The quantitative estimate of drug-likeness (QED) is 0.538. The Morgan fingerprint density at radius 1 is 0.862 bits per heavy atom. The lowest BCUT2D eigenvalue weighted by atomic mass is 10.1. The fourth-order valence-electron chi connectivity index (χ4n) is 2.74. The first-order valence-corrected chi connectivity index (χ1v) is 9.46. The molecule has 3 rings (SSSR count). The van der Waals surface area contributed by atoms with Gasteiger partial charge >= 0.3 is 0 Å². The Hall–Kier alpha value is -3.60. The number of ether oxygens (including phenoxy) is 1. The van der Waals surface area contributed by atoms with Crippen molar-refractivity contribution < 1.29 is 14.3 Å². The average molecular weight is 388 g/mol. The van der Waals surface area contributed by atoms with E-state index < -0.39 is 6.04 Å². The summed E-state index contributed by atoms with van der Waals surface area (Å²) in [4.78, 5) is 23.7. The summed E-state index contributed by atoms with van der Waals surface area (Å²) >= 11 is 0. The maximum Gasteiger partial charge on any atom is 0.246 e. The van der Waals surface area contributed by atoms with E-state index in [0.717, 1.165) is 17.0 Å². The highest BCUT2D eigenvalue weighted by Crippen LogP contribution is 2.18. The standard InChI is InChI=1S/C24H24N2O3/c1-17(24(28)26-22-10-8-20(9-11-22)18(2)27)25-21-12-14-23(15-13-21)29-16-19-6-4-3-5-7-19/h3-15,17,25H,16H2,1-2H3,(H,26,28)/t17-/m0/s1. The van der Waals surface area contributed by atoms with Gasteiger partial charge in [-0.1, -0.05) is 30.3 Å². The van der Waals surface area contributed by atoms with Crippen LogP contribution in [0, 0.1) is 0 Å². The molecule has 148 valence electrons. The van der Waals surface area contributed by atoms with Crippen molar-refractivity contribution in [3.8, 4) is 5.75 Å². The Kier molecular flexibility index (Phi) is 6.63. The predicted octanol–water partition coefficient (Wildman–Crippen LogP) is 4.91. The number of hydrogen-bond acceptors (Lipinski definition) is 4. The van der Waals surface area contributed by atoms with Crippen LogP contribution in [0.2, 0.25) is 0 Å².